The number of nitrogen functional groups attached to an aromatic ring is 1. The van der Waals surface area contributed by atoms with E-state index >= 15 is 0 Å². The lowest BCUT2D eigenvalue weighted by Gasteiger charge is -2.04. The van der Waals surface area contributed by atoms with Crippen LogP contribution in [0, 0.1) is 5.41 Å². The first-order valence-corrected chi connectivity index (χ1v) is 4.14. The third-order valence-electron chi connectivity index (χ3n) is 1.66. The van der Waals surface area contributed by atoms with Crippen molar-refractivity contribution in [1.29, 1.82) is 5.41 Å². The number of nitrogens with one attached hydrogen (secondary N) is 1. The number of amidine groups is 1. The molecule has 0 bridgehead atoms. The van der Waals surface area contributed by atoms with Crippen LogP contribution in [0.1, 0.15) is 11.1 Å². The summed E-state index contributed by atoms with van der Waals surface area (Å²) >= 11 is 5.92. The van der Waals surface area contributed by atoms with Crippen molar-refractivity contribution in [3.8, 4) is 0 Å². The van der Waals surface area contributed by atoms with Crippen LogP contribution >= 0.6 is 11.6 Å². The lowest BCUT2D eigenvalue weighted by Crippen LogP contribution is -2.11. The zero-order chi connectivity index (χ0) is 9.84. The summed E-state index contributed by atoms with van der Waals surface area (Å²) in [4.78, 5) is 0. The Morgan fingerprint density at radius 3 is 2.77 bits per heavy atom. The molecule has 0 radical (unpaired) electrons. The fourth-order valence-corrected chi connectivity index (χ4v) is 1.22. The molecule has 0 aromatic heterocycles. The molecule has 0 heterocycles. The van der Waals surface area contributed by atoms with E-state index in [0.717, 1.165) is 5.56 Å². The van der Waals surface area contributed by atoms with E-state index in [-0.39, 0.29) is 5.84 Å². The molecule has 4 heteroatoms. The van der Waals surface area contributed by atoms with Crippen molar-refractivity contribution in [2.24, 2.45) is 5.73 Å². The SMILES string of the molecule is COCc1ccc(C(=N)N)cc1Cl. The summed E-state index contributed by atoms with van der Waals surface area (Å²) < 4.78 is 4.94. The molecule has 13 heavy (non-hydrogen) atoms. The predicted molar refractivity (Wildman–Crippen MR) is 53.2 cm³/mol. The van der Waals surface area contributed by atoms with Gasteiger partial charge in [-0.15, -0.1) is 0 Å². The van der Waals surface area contributed by atoms with Gasteiger partial charge < -0.3 is 10.5 Å². The van der Waals surface area contributed by atoms with Crippen LogP contribution in [0.4, 0.5) is 0 Å². The number of methoxy groups -OCH3 is 1. The van der Waals surface area contributed by atoms with Crippen molar-refractivity contribution in [2.75, 3.05) is 7.11 Å². The molecule has 0 aliphatic carbocycles. The lowest BCUT2D eigenvalue weighted by molar-refractivity contribution is 0.185. The van der Waals surface area contributed by atoms with Crippen molar-refractivity contribution >= 4 is 17.4 Å². The van der Waals surface area contributed by atoms with Gasteiger partial charge in [0.15, 0.2) is 0 Å². The third-order valence-corrected chi connectivity index (χ3v) is 2.02. The number of ether oxygens (including phenoxy) is 1. The minimum Gasteiger partial charge on any atom is -0.384 e. The summed E-state index contributed by atoms with van der Waals surface area (Å²) in [6.45, 7) is 0.469. The molecule has 70 valence electrons. The molecular formula is C9H11ClN2O. The second-order valence-corrected chi connectivity index (χ2v) is 3.06. The molecule has 3 N–H and O–H groups in total. The van der Waals surface area contributed by atoms with E-state index in [1.165, 1.54) is 0 Å². The second-order valence-electron chi connectivity index (χ2n) is 2.65. The van der Waals surface area contributed by atoms with E-state index in [0.29, 0.717) is 17.2 Å². The number of hydrogen-bond donors (Lipinski definition) is 2. The van der Waals surface area contributed by atoms with Gasteiger partial charge in [0, 0.05) is 17.7 Å². The van der Waals surface area contributed by atoms with Crippen LogP contribution in [0.2, 0.25) is 5.02 Å². The summed E-state index contributed by atoms with van der Waals surface area (Å²) in [5, 5.41) is 7.77. The van der Waals surface area contributed by atoms with Gasteiger partial charge in [0.05, 0.1) is 6.61 Å². The Bertz CT molecular complexity index is 325. The van der Waals surface area contributed by atoms with E-state index in [4.69, 9.17) is 27.5 Å². The molecule has 1 aromatic rings. The molecule has 0 saturated carbocycles. The first kappa shape index (κ1) is 10.0. The van der Waals surface area contributed by atoms with Crippen molar-refractivity contribution in [3.63, 3.8) is 0 Å². The van der Waals surface area contributed by atoms with E-state index in [2.05, 4.69) is 0 Å². The Hall–Kier alpha value is -1.06. The Morgan fingerprint density at radius 1 is 1.62 bits per heavy atom. The van der Waals surface area contributed by atoms with Crippen LogP contribution in [-0.2, 0) is 11.3 Å². The zero-order valence-corrected chi connectivity index (χ0v) is 8.06. The van der Waals surface area contributed by atoms with Crippen LogP contribution in [0.15, 0.2) is 18.2 Å². The highest BCUT2D eigenvalue weighted by atomic mass is 35.5. The Labute approximate surface area is 82.0 Å². The lowest BCUT2D eigenvalue weighted by atomic mass is 10.1. The molecule has 0 saturated heterocycles. The first-order valence-electron chi connectivity index (χ1n) is 3.77. The summed E-state index contributed by atoms with van der Waals surface area (Å²) in [6.07, 6.45) is 0. The number of benzene rings is 1. The average Bonchev–Trinajstić information content (AvgIpc) is 2.08. The van der Waals surface area contributed by atoms with Crippen molar-refractivity contribution in [1.82, 2.24) is 0 Å². The van der Waals surface area contributed by atoms with Crippen molar-refractivity contribution in [2.45, 2.75) is 6.61 Å². The number of halogens is 1. The Balaban J connectivity index is 2.98. The first-order chi connectivity index (χ1) is 6.15. The highest BCUT2D eigenvalue weighted by Gasteiger charge is 2.02. The van der Waals surface area contributed by atoms with Gasteiger partial charge in [-0.2, -0.15) is 0 Å². The second kappa shape index (κ2) is 4.25. The average molecular weight is 199 g/mol. The van der Waals surface area contributed by atoms with Crippen LogP contribution in [0.3, 0.4) is 0 Å². The molecule has 1 aromatic carbocycles. The molecule has 0 unspecified atom stereocenters. The van der Waals surface area contributed by atoms with Gasteiger partial charge >= 0.3 is 0 Å². The quantitative estimate of drug-likeness (QED) is 0.575. The van der Waals surface area contributed by atoms with Gasteiger partial charge in [-0.05, 0) is 11.6 Å². The zero-order valence-electron chi connectivity index (χ0n) is 7.30. The van der Waals surface area contributed by atoms with Crippen LogP contribution < -0.4 is 5.73 Å². The Kier molecular flexibility index (Phi) is 3.28. The molecular weight excluding hydrogens is 188 g/mol. The molecule has 0 atom stereocenters. The fraction of sp³-hybridized carbons (Fsp3) is 0.222. The van der Waals surface area contributed by atoms with Gasteiger partial charge in [0.1, 0.15) is 5.84 Å². The molecule has 0 fully saturated rings. The summed E-state index contributed by atoms with van der Waals surface area (Å²) in [7, 11) is 1.61. The minimum atomic E-state index is 0.0193. The molecule has 0 spiro atoms. The van der Waals surface area contributed by atoms with Crippen molar-refractivity contribution in [3.05, 3.63) is 34.3 Å². The minimum absolute atomic E-state index is 0.0193. The summed E-state index contributed by atoms with van der Waals surface area (Å²) in [6, 6.07) is 5.23. The van der Waals surface area contributed by atoms with Crippen LogP contribution in [0.25, 0.3) is 0 Å². The van der Waals surface area contributed by atoms with E-state index in [1.54, 1.807) is 19.2 Å². The molecule has 0 aliphatic heterocycles. The summed E-state index contributed by atoms with van der Waals surface area (Å²) in [5.74, 6) is 0.0193. The summed E-state index contributed by atoms with van der Waals surface area (Å²) in [5.41, 5.74) is 6.83. The number of rotatable bonds is 3. The molecule has 3 nitrogen and oxygen atoms in total. The van der Waals surface area contributed by atoms with E-state index < -0.39 is 0 Å². The highest BCUT2D eigenvalue weighted by molar-refractivity contribution is 6.31. The fourth-order valence-electron chi connectivity index (χ4n) is 0.987. The normalized spacial score (nSPS) is 10.0. The Morgan fingerprint density at radius 2 is 2.31 bits per heavy atom. The molecule has 1 rings (SSSR count). The topological polar surface area (TPSA) is 59.1 Å². The smallest absolute Gasteiger partial charge is 0.122 e. The maximum absolute atomic E-state index is 7.19. The highest BCUT2D eigenvalue weighted by Crippen LogP contribution is 2.18. The van der Waals surface area contributed by atoms with Gasteiger partial charge in [-0.1, -0.05) is 23.7 Å². The van der Waals surface area contributed by atoms with Crippen molar-refractivity contribution < 1.29 is 4.74 Å². The number of hydrogen-bond acceptors (Lipinski definition) is 2. The van der Waals surface area contributed by atoms with Crippen LogP contribution in [0.5, 0.6) is 0 Å². The van der Waals surface area contributed by atoms with Crippen LogP contribution in [-0.4, -0.2) is 12.9 Å². The van der Waals surface area contributed by atoms with Gasteiger partial charge in [0.25, 0.3) is 0 Å². The van der Waals surface area contributed by atoms with E-state index in [9.17, 15) is 0 Å². The van der Waals surface area contributed by atoms with Gasteiger partial charge in [-0.25, -0.2) is 0 Å². The monoisotopic (exact) mass is 198 g/mol. The largest absolute Gasteiger partial charge is 0.384 e. The van der Waals surface area contributed by atoms with Gasteiger partial charge in [-0.3, -0.25) is 5.41 Å². The maximum atomic E-state index is 7.19. The number of nitrogens with two attached hydrogens (primary N) is 1. The van der Waals surface area contributed by atoms with E-state index in [1.807, 2.05) is 6.07 Å². The third kappa shape index (κ3) is 2.44. The standard InChI is InChI=1S/C9H11ClN2O/c1-13-5-7-3-2-6(9(11)12)4-8(7)10/h2-4H,5H2,1H3,(H3,11,12). The molecule has 0 aliphatic rings. The predicted octanol–water partition coefficient (Wildman–Crippen LogP) is 1.77. The van der Waals surface area contributed by atoms with Gasteiger partial charge in [0.2, 0.25) is 0 Å². The molecule has 0 amide bonds. The maximum Gasteiger partial charge on any atom is 0.122 e.